The summed E-state index contributed by atoms with van der Waals surface area (Å²) < 4.78 is 26.0. The molecule has 0 atom stereocenters. The Morgan fingerprint density at radius 1 is 1.19 bits per heavy atom. The maximum absolute atomic E-state index is 13.4. The van der Waals surface area contributed by atoms with Crippen molar-refractivity contribution in [2.75, 3.05) is 5.32 Å². The van der Waals surface area contributed by atoms with Gasteiger partial charge in [-0.2, -0.15) is 0 Å². The highest BCUT2D eigenvalue weighted by molar-refractivity contribution is 6.02. The number of halogens is 1. The highest BCUT2D eigenvalue weighted by Gasteiger charge is 2.22. The van der Waals surface area contributed by atoms with Crippen LogP contribution in [0.1, 0.15) is 38.5 Å². The second-order valence-corrected chi connectivity index (χ2v) is 7.47. The summed E-state index contributed by atoms with van der Waals surface area (Å²) in [6.45, 7) is 6.10. The van der Waals surface area contributed by atoms with Gasteiger partial charge in [0.25, 0.3) is 5.91 Å². The summed E-state index contributed by atoms with van der Waals surface area (Å²) in [6, 6.07) is 12.1. The smallest absolute Gasteiger partial charge is 0.280 e. The van der Waals surface area contributed by atoms with Crippen molar-refractivity contribution in [1.29, 1.82) is 0 Å². The topological polar surface area (TPSA) is 95.1 Å². The van der Waals surface area contributed by atoms with Crippen LogP contribution in [0.25, 0.3) is 0 Å². The van der Waals surface area contributed by atoms with E-state index in [1.54, 1.807) is 19.1 Å². The fourth-order valence-electron chi connectivity index (χ4n) is 3.16. The lowest BCUT2D eigenvalue weighted by atomic mass is 10.1. The molecular formula is C23H22FN5O3. The number of benzene rings is 2. The zero-order valence-electron chi connectivity index (χ0n) is 17.9. The molecule has 2 heterocycles. The number of aromatic nitrogens is 4. The van der Waals surface area contributed by atoms with E-state index in [0.717, 1.165) is 22.4 Å². The van der Waals surface area contributed by atoms with Crippen molar-refractivity contribution < 1.29 is 18.4 Å². The van der Waals surface area contributed by atoms with Crippen molar-refractivity contribution in [1.82, 2.24) is 19.9 Å². The van der Waals surface area contributed by atoms with Gasteiger partial charge in [0.1, 0.15) is 30.3 Å². The van der Waals surface area contributed by atoms with Gasteiger partial charge in [0, 0.05) is 0 Å². The Balaban J connectivity index is 1.44. The Morgan fingerprint density at radius 3 is 2.84 bits per heavy atom. The van der Waals surface area contributed by atoms with Gasteiger partial charge in [0.05, 0.1) is 12.1 Å². The molecule has 32 heavy (non-hydrogen) atoms. The Labute approximate surface area is 184 Å². The molecule has 0 radical (unpaired) electrons. The molecule has 164 valence electrons. The molecule has 0 saturated carbocycles. The highest BCUT2D eigenvalue weighted by atomic mass is 19.1. The molecule has 0 fully saturated rings. The minimum absolute atomic E-state index is 0.105. The van der Waals surface area contributed by atoms with Crippen LogP contribution in [0.3, 0.4) is 0 Å². The summed E-state index contributed by atoms with van der Waals surface area (Å²) in [7, 11) is 0. The Morgan fingerprint density at radius 2 is 2.03 bits per heavy atom. The van der Waals surface area contributed by atoms with Crippen molar-refractivity contribution in [3.8, 4) is 5.75 Å². The van der Waals surface area contributed by atoms with Crippen LogP contribution in [0.5, 0.6) is 5.75 Å². The van der Waals surface area contributed by atoms with E-state index in [1.807, 2.05) is 32.0 Å². The molecule has 0 aliphatic carbocycles. The largest absolute Gasteiger partial charge is 0.488 e. The zero-order valence-corrected chi connectivity index (χ0v) is 17.9. The standard InChI is InChI=1S/C23H22FN5O3/c1-14-7-8-15(2)20(9-14)31-12-19-16(3)32-28-21(19)22(30)26-23-25-13-29(27-23)11-17-5-4-6-18(24)10-17/h4-10,13H,11-12H2,1-3H3,(H,26,27,30). The molecule has 8 nitrogen and oxygen atoms in total. The summed E-state index contributed by atoms with van der Waals surface area (Å²) in [4.78, 5) is 16.9. The highest BCUT2D eigenvalue weighted by Crippen LogP contribution is 2.23. The van der Waals surface area contributed by atoms with Crippen molar-refractivity contribution in [2.45, 2.75) is 33.9 Å². The lowest BCUT2D eigenvalue weighted by molar-refractivity contribution is 0.101. The molecule has 0 spiro atoms. The van der Waals surface area contributed by atoms with Crippen LogP contribution < -0.4 is 10.1 Å². The fraction of sp³-hybridized carbons (Fsp3) is 0.217. The summed E-state index contributed by atoms with van der Waals surface area (Å²) in [5.74, 6) is 0.492. The maximum atomic E-state index is 13.4. The van der Waals surface area contributed by atoms with Crippen molar-refractivity contribution in [3.05, 3.63) is 88.3 Å². The molecule has 0 unspecified atom stereocenters. The van der Waals surface area contributed by atoms with E-state index in [9.17, 15) is 9.18 Å². The van der Waals surface area contributed by atoms with Gasteiger partial charge in [-0.25, -0.2) is 14.1 Å². The average Bonchev–Trinajstić information content (AvgIpc) is 3.34. The lowest BCUT2D eigenvalue weighted by Gasteiger charge is -2.10. The van der Waals surface area contributed by atoms with Crippen LogP contribution in [-0.4, -0.2) is 25.8 Å². The third-order valence-corrected chi connectivity index (χ3v) is 4.91. The molecule has 2 aromatic carbocycles. The molecule has 0 aliphatic rings. The number of amides is 1. The first-order chi connectivity index (χ1) is 15.4. The van der Waals surface area contributed by atoms with Gasteiger partial charge >= 0.3 is 0 Å². The molecular weight excluding hydrogens is 413 g/mol. The number of aryl methyl sites for hydroxylation is 3. The van der Waals surface area contributed by atoms with E-state index in [0.29, 0.717) is 17.9 Å². The normalized spacial score (nSPS) is 10.9. The fourth-order valence-corrected chi connectivity index (χ4v) is 3.16. The van der Waals surface area contributed by atoms with Gasteiger partial charge in [0.15, 0.2) is 5.69 Å². The van der Waals surface area contributed by atoms with Crippen LogP contribution in [0, 0.1) is 26.6 Å². The number of hydrogen-bond donors (Lipinski definition) is 1. The minimum atomic E-state index is -0.509. The third-order valence-electron chi connectivity index (χ3n) is 4.91. The van der Waals surface area contributed by atoms with E-state index in [2.05, 4.69) is 20.6 Å². The molecule has 1 amide bonds. The van der Waals surface area contributed by atoms with Crippen LogP contribution in [0.15, 0.2) is 53.3 Å². The molecule has 0 saturated heterocycles. The second-order valence-electron chi connectivity index (χ2n) is 7.47. The first kappa shape index (κ1) is 21.2. The van der Waals surface area contributed by atoms with Gasteiger partial charge in [-0.3, -0.25) is 10.1 Å². The average molecular weight is 435 g/mol. The number of rotatable bonds is 7. The quantitative estimate of drug-likeness (QED) is 0.467. The van der Waals surface area contributed by atoms with E-state index in [1.165, 1.54) is 23.1 Å². The number of nitrogens with one attached hydrogen (secondary N) is 1. The van der Waals surface area contributed by atoms with Crippen molar-refractivity contribution >= 4 is 11.9 Å². The predicted octanol–water partition coefficient (Wildman–Crippen LogP) is 4.21. The molecule has 0 bridgehead atoms. The number of carbonyl (C=O) groups is 1. The molecule has 9 heteroatoms. The van der Waals surface area contributed by atoms with Crippen molar-refractivity contribution in [2.24, 2.45) is 0 Å². The van der Waals surface area contributed by atoms with E-state index in [-0.39, 0.29) is 24.1 Å². The lowest BCUT2D eigenvalue weighted by Crippen LogP contribution is -2.16. The summed E-state index contributed by atoms with van der Waals surface area (Å²) >= 11 is 0. The minimum Gasteiger partial charge on any atom is -0.488 e. The summed E-state index contributed by atoms with van der Waals surface area (Å²) in [6.07, 6.45) is 1.46. The van der Waals surface area contributed by atoms with E-state index in [4.69, 9.17) is 9.26 Å². The van der Waals surface area contributed by atoms with Gasteiger partial charge in [-0.15, -0.1) is 5.10 Å². The summed E-state index contributed by atoms with van der Waals surface area (Å²) in [5.41, 5.74) is 3.44. The SMILES string of the molecule is Cc1ccc(C)c(OCc2c(C(=O)Nc3ncn(Cc4cccc(F)c4)n3)noc2C)c1. The number of ether oxygens (including phenoxy) is 1. The van der Waals surface area contributed by atoms with Crippen LogP contribution in [0.4, 0.5) is 10.3 Å². The molecule has 4 aromatic rings. The van der Waals surface area contributed by atoms with Crippen LogP contribution in [0.2, 0.25) is 0 Å². The molecule has 1 N–H and O–H groups in total. The first-order valence-corrected chi connectivity index (χ1v) is 9.99. The molecule has 0 aliphatic heterocycles. The van der Waals surface area contributed by atoms with Gasteiger partial charge in [-0.05, 0) is 55.7 Å². The van der Waals surface area contributed by atoms with Gasteiger partial charge in [0.2, 0.25) is 5.95 Å². The van der Waals surface area contributed by atoms with Gasteiger partial charge in [-0.1, -0.05) is 29.4 Å². The number of nitrogens with zero attached hydrogens (tertiary/aromatic N) is 4. The number of carbonyl (C=O) groups excluding carboxylic acids is 1. The Kier molecular flexibility index (Phi) is 5.98. The molecule has 4 rings (SSSR count). The van der Waals surface area contributed by atoms with E-state index < -0.39 is 5.91 Å². The summed E-state index contributed by atoms with van der Waals surface area (Å²) in [5, 5.41) is 10.7. The number of hydrogen-bond acceptors (Lipinski definition) is 6. The Bertz CT molecular complexity index is 1260. The molecule has 2 aromatic heterocycles. The van der Waals surface area contributed by atoms with Crippen molar-refractivity contribution in [3.63, 3.8) is 0 Å². The van der Waals surface area contributed by atoms with E-state index >= 15 is 0 Å². The van der Waals surface area contributed by atoms with Crippen LogP contribution in [-0.2, 0) is 13.2 Å². The second kappa shape index (κ2) is 9.01. The Hall–Kier alpha value is -4.01. The monoisotopic (exact) mass is 435 g/mol. The third kappa shape index (κ3) is 4.83. The number of anilines is 1. The maximum Gasteiger partial charge on any atom is 0.280 e. The van der Waals surface area contributed by atoms with Crippen LogP contribution >= 0.6 is 0 Å². The van der Waals surface area contributed by atoms with Gasteiger partial charge < -0.3 is 9.26 Å². The first-order valence-electron chi connectivity index (χ1n) is 9.99. The predicted molar refractivity (Wildman–Crippen MR) is 115 cm³/mol. The zero-order chi connectivity index (χ0) is 22.7.